The van der Waals surface area contributed by atoms with Gasteiger partial charge in [0.1, 0.15) is 19.3 Å². The lowest BCUT2D eigenvalue weighted by Gasteiger charge is -2.21. The van der Waals surface area contributed by atoms with E-state index in [1.165, 1.54) is 250 Å². The lowest BCUT2D eigenvalue weighted by molar-refractivity contribution is -0.161. The van der Waals surface area contributed by atoms with Crippen LogP contribution in [-0.2, 0) is 65.4 Å². The second-order valence-electron chi connectivity index (χ2n) is 30.2. The molecule has 6 atom stereocenters. The Morgan fingerprint density at radius 3 is 0.752 bits per heavy atom. The van der Waals surface area contributed by atoms with Crippen molar-refractivity contribution in [2.24, 2.45) is 11.8 Å². The van der Waals surface area contributed by atoms with Gasteiger partial charge >= 0.3 is 39.5 Å². The van der Waals surface area contributed by atoms with E-state index in [-0.39, 0.29) is 25.7 Å². The van der Waals surface area contributed by atoms with Gasteiger partial charge in [-0.1, -0.05) is 382 Å². The molecular weight excluding hydrogens is 1320 g/mol. The zero-order chi connectivity index (χ0) is 74.2. The smallest absolute Gasteiger partial charge is 0.462 e. The molecule has 0 aromatic heterocycles. The average Bonchev–Trinajstić information content (AvgIpc) is 1.04. The fourth-order valence-electron chi connectivity index (χ4n) is 12.7. The molecule has 0 fully saturated rings. The molecule has 17 nitrogen and oxygen atoms in total. The van der Waals surface area contributed by atoms with Crippen LogP contribution in [0, 0.1) is 11.8 Å². The maximum atomic E-state index is 13.1. The number of aliphatic hydroxyl groups is 1. The van der Waals surface area contributed by atoms with Gasteiger partial charge in [0, 0.05) is 25.7 Å². The van der Waals surface area contributed by atoms with Crippen LogP contribution >= 0.6 is 15.6 Å². The highest BCUT2D eigenvalue weighted by molar-refractivity contribution is 7.47. The van der Waals surface area contributed by atoms with Crippen LogP contribution in [0.2, 0.25) is 0 Å². The summed E-state index contributed by atoms with van der Waals surface area (Å²) in [6.07, 6.45) is 63.7. The van der Waals surface area contributed by atoms with Gasteiger partial charge in [-0.05, 0) is 37.5 Å². The van der Waals surface area contributed by atoms with Gasteiger partial charge in [0.2, 0.25) is 0 Å². The van der Waals surface area contributed by atoms with E-state index >= 15 is 0 Å². The second kappa shape index (κ2) is 73.6. The minimum absolute atomic E-state index is 0.107. The van der Waals surface area contributed by atoms with Crippen LogP contribution in [0.1, 0.15) is 433 Å². The molecule has 0 rings (SSSR count). The molecule has 600 valence electrons. The standard InChI is InChI=1S/C82H160O17P2/c1-7-10-12-14-16-18-20-22-23-24-25-26-27-28-29-30-34-42-48-54-60-66-81(86)98-77(70-93-80(85)65-59-53-47-41-35-31-32-38-44-50-56-62-74(4)5)72-96-100(88,89)94-68-76(83)69-95-101(90,91)97-73-78(71-92-79(84)64-58-52-46-40-33-21-19-17-15-13-11-8-2)99-82(87)67-61-55-49-43-37-36-39-45-51-57-63-75(6)9-3/h74-78,83H,7-73H2,1-6H3,(H,88,89)(H,90,91)/t75?,76-,77-,78-/m1/s1. The summed E-state index contributed by atoms with van der Waals surface area (Å²) in [6.45, 7) is 9.67. The van der Waals surface area contributed by atoms with Crippen molar-refractivity contribution in [3.63, 3.8) is 0 Å². The summed E-state index contributed by atoms with van der Waals surface area (Å²) in [6, 6.07) is 0. The van der Waals surface area contributed by atoms with Crippen LogP contribution in [0.3, 0.4) is 0 Å². The lowest BCUT2D eigenvalue weighted by atomic mass is 9.99. The molecule has 0 saturated heterocycles. The molecule has 19 heteroatoms. The number of carbonyl (C=O) groups is 4. The number of unbranched alkanes of at least 4 members (excludes halogenated alkanes) is 50. The van der Waals surface area contributed by atoms with E-state index in [1.54, 1.807) is 0 Å². The normalized spacial score (nSPS) is 14.2. The van der Waals surface area contributed by atoms with E-state index in [1.807, 2.05) is 0 Å². The highest BCUT2D eigenvalue weighted by atomic mass is 31.2. The molecule has 0 amide bonds. The summed E-state index contributed by atoms with van der Waals surface area (Å²) in [5, 5.41) is 10.7. The first-order valence-electron chi connectivity index (χ1n) is 42.5. The van der Waals surface area contributed by atoms with Gasteiger partial charge in [0.25, 0.3) is 0 Å². The molecule has 0 aliphatic rings. The third kappa shape index (κ3) is 74.7. The van der Waals surface area contributed by atoms with Crippen molar-refractivity contribution in [2.45, 2.75) is 452 Å². The Labute approximate surface area is 619 Å². The molecule has 0 heterocycles. The second-order valence-corrected chi connectivity index (χ2v) is 33.1. The van der Waals surface area contributed by atoms with Crippen molar-refractivity contribution in [3.8, 4) is 0 Å². The van der Waals surface area contributed by atoms with Gasteiger partial charge in [-0.2, -0.15) is 0 Å². The predicted molar refractivity (Wildman–Crippen MR) is 414 cm³/mol. The molecule has 3 unspecified atom stereocenters. The number of aliphatic hydroxyl groups excluding tert-OH is 1. The number of phosphoric acid groups is 2. The summed E-state index contributed by atoms with van der Waals surface area (Å²) < 4.78 is 68.8. The van der Waals surface area contributed by atoms with E-state index in [4.69, 9.17) is 37.0 Å². The first-order valence-corrected chi connectivity index (χ1v) is 45.5. The zero-order valence-electron chi connectivity index (χ0n) is 66.2. The third-order valence-corrected chi connectivity index (χ3v) is 21.5. The van der Waals surface area contributed by atoms with Gasteiger partial charge in [-0.25, -0.2) is 9.13 Å². The molecule has 0 radical (unpaired) electrons. The van der Waals surface area contributed by atoms with Gasteiger partial charge in [0.15, 0.2) is 12.2 Å². The van der Waals surface area contributed by atoms with Gasteiger partial charge in [-0.3, -0.25) is 37.3 Å². The van der Waals surface area contributed by atoms with Crippen molar-refractivity contribution in [2.75, 3.05) is 39.6 Å². The molecule has 0 aliphatic carbocycles. The fourth-order valence-corrected chi connectivity index (χ4v) is 14.3. The maximum Gasteiger partial charge on any atom is 0.472 e. The molecule has 0 saturated carbocycles. The van der Waals surface area contributed by atoms with E-state index in [9.17, 15) is 43.2 Å². The highest BCUT2D eigenvalue weighted by Gasteiger charge is 2.30. The Morgan fingerprint density at radius 2 is 0.505 bits per heavy atom. The largest absolute Gasteiger partial charge is 0.472 e. The number of rotatable bonds is 81. The van der Waals surface area contributed by atoms with Crippen molar-refractivity contribution >= 4 is 39.5 Å². The summed E-state index contributed by atoms with van der Waals surface area (Å²) in [4.78, 5) is 73.1. The van der Waals surface area contributed by atoms with Gasteiger partial charge < -0.3 is 33.8 Å². The fraction of sp³-hybridized carbons (Fsp3) is 0.951. The number of phosphoric ester groups is 2. The third-order valence-electron chi connectivity index (χ3n) is 19.6. The minimum Gasteiger partial charge on any atom is -0.462 e. The zero-order valence-corrected chi connectivity index (χ0v) is 68.0. The molecule has 0 aromatic rings. The molecule has 0 spiro atoms. The van der Waals surface area contributed by atoms with E-state index in [2.05, 4.69) is 41.5 Å². The quantitative estimate of drug-likeness (QED) is 0.0222. The molecule has 0 aliphatic heterocycles. The van der Waals surface area contributed by atoms with Gasteiger partial charge in [-0.15, -0.1) is 0 Å². The van der Waals surface area contributed by atoms with E-state index in [0.29, 0.717) is 25.7 Å². The Balaban J connectivity index is 5.24. The molecule has 3 N–H and O–H groups in total. The molecule has 0 bridgehead atoms. The van der Waals surface area contributed by atoms with Crippen LogP contribution in [0.4, 0.5) is 0 Å². The SMILES string of the molecule is CCCCCCCCCCCCCCCCCCCCCCCC(=O)O[C@H](COC(=O)CCCCCCCCCCCCCC(C)C)COP(=O)(O)OC[C@@H](O)COP(=O)(O)OC[C@@H](COC(=O)CCCCCCCCCCCCCC)OC(=O)CCCCCCCCCCCCC(C)CC. The topological polar surface area (TPSA) is 237 Å². The van der Waals surface area contributed by atoms with Crippen LogP contribution in [-0.4, -0.2) is 96.7 Å². The number of esters is 4. The first kappa shape index (κ1) is 99.1. The minimum atomic E-state index is -4.96. The van der Waals surface area contributed by atoms with Crippen molar-refractivity contribution in [3.05, 3.63) is 0 Å². The highest BCUT2D eigenvalue weighted by Crippen LogP contribution is 2.45. The Hall–Kier alpha value is -1.94. The van der Waals surface area contributed by atoms with Crippen molar-refractivity contribution in [1.82, 2.24) is 0 Å². The molecule has 101 heavy (non-hydrogen) atoms. The van der Waals surface area contributed by atoms with Gasteiger partial charge in [0.05, 0.1) is 26.4 Å². The van der Waals surface area contributed by atoms with Crippen molar-refractivity contribution < 1.29 is 80.2 Å². The van der Waals surface area contributed by atoms with Crippen LogP contribution < -0.4 is 0 Å². The number of ether oxygens (including phenoxy) is 4. The number of hydrogen-bond acceptors (Lipinski definition) is 15. The molecular formula is C82H160O17P2. The van der Waals surface area contributed by atoms with Crippen LogP contribution in [0.5, 0.6) is 0 Å². The van der Waals surface area contributed by atoms with E-state index < -0.39 is 97.5 Å². The van der Waals surface area contributed by atoms with Crippen LogP contribution in [0.25, 0.3) is 0 Å². The van der Waals surface area contributed by atoms with Crippen molar-refractivity contribution in [1.29, 1.82) is 0 Å². The Bertz CT molecular complexity index is 1940. The Morgan fingerprint density at radius 1 is 0.287 bits per heavy atom. The number of carbonyl (C=O) groups excluding carboxylic acids is 4. The van der Waals surface area contributed by atoms with E-state index in [0.717, 1.165) is 102 Å². The first-order chi connectivity index (χ1) is 48.9. The lowest BCUT2D eigenvalue weighted by Crippen LogP contribution is -2.30. The average molecular weight is 1480 g/mol. The Kier molecular flexibility index (Phi) is 72.2. The predicted octanol–water partition coefficient (Wildman–Crippen LogP) is 24.7. The summed E-state index contributed by atoms with van der Waals surface area (Å²) >= 11 is 0. The number of hydrogen-bond donors (Lipinski definition) is 3. The monoisotopic (exact) mass is 1480 g/mol. The summed E-state index contributed by atoms with van der Waals surface area (Å²) in [5.41, 5.74) is 0. The molecule has 0 aromatic carbocycles. The summed E-state index contributed by atoms with van der Waals surface area (Å²) in [5.74, 6) is -0.533. The van der Waals surface area contributed by atoms with Crippen LogP contribution in [0.15, 0.2) is 0 Å². The summed E-state index contributed by atoms with van der Waals surface area (Å²) in [7, 11) is -9.92. The maximum absolute atomic E-state index is 13.1.